The molecule has 1 fully saturated rings. The highest BCUT2D eigenvalue weighted by atomic mass is 16.5. The molecule has 1 aliphatic rings. The zero-order chi connectivity index (χ0) is 18.0. The van der Waals surface area contributed by atoms with Crippen molar-refractivity contribution >= 4 is 22.7 Å². The van der Waals surface area contributed by atoms with Gasteiger partial charge in [0.15, 0.2) is 5.65 Å². The fourth-order valence-electron chi connectivity index (χ4n) is 3.34. The van der Waals surface area contributed by atoms with Gasteiger partial charge in [0.1, 0.15) is 5.56 Å². The number of hydrogen-bond acceptors (Lipinski definition) is 6. The van der Waals surface area contributed by atoms with Gasteiger partial charge < -0.3 is 9.64 Å². The smallest absolute Gasteiger partial charge is 0.341 e. The quantitative estimate of drug-likeness (QED) is 0.615. The summed E-state index contributed by atoms with van der Waals surface area (Å²) in [5.41, 5.74) is 2.99. The summed E-state index contributed by atoms with van der Waals surface area (Å²) in [5, 5.41) is 5.39. The zero-order valence-electron chi connectivity index (χ0n) is 14.9. The highest BCUT2D eigenvalue weighted by molar-refractivity contribution is 6.05. The number of pyridine rings is 1. The van der Waals surface area contributed by atoms with Crippen LogP contribution in [0.2, 0.25) is 0 Å². The van der Waals surface area contributed by atoms with E-state index in [4.69, 9.17) is 11.2 Å². The fourth-order valence-corrected chi connectivity index (χ4v) is 3.34. The molecule has 132 valence electrons. The van der Waals surface area contributed by atoms with Crippen LogP contribution in [0.3, 0.4) is 0 Å². The third-order valence-electron chi connectivity index (χ3n) is 4.50. The van der Waals surface area contributed by atoms with Crippen LogP contribution in [0.4, 0.5) is 5.69 Å². The van der Waals surface area contributed by atoms with Crippen molar-refractivity contribution in [1.29, 1.82) is 0 Å². The number of aryl methyl sites for hydroxylation is 2. The fraction of sp³-hybridized carbons (Fsp3) is 0.500. The van der Waals surface area contributed by atoms with Gasteiger partial charge in [-0.15, -0.1) is 6.42 Å². The van der Waals surface area contributed by atoms with Crippen LogP contribution >= 0.6 is 0 Å². The molecule has 0 unspecified atom stereocenters. The number of rotatable bonds is 4. The Morgan fingerprint density at radius 1 is 1.36 bits per heavy atom. The second-order valence-corrected chi connectivity index (χ2v) is 6.12. The summed E-state index contributed by atoms with van der Waals surface area (Å²) in [4.78, 5) is 21.4. The summed E-state index contributed by atoms with van der Waals surface area (Å²) in [6.45, 7) is 8.03. The van der Waals surface area contributed by atoms with E-state index in [2.05, 4.69) is 25.8 Å². The average molecular weight is 341 g/mol. The first-order valence-electron chi connectivity index (χ1n) is 8.47. The maximum atomic E-state index is 12.5. The molecule has 0 aromatic carbocycles. The second-order valence-electron chi connectivity index (χ2n) is 6.12. The number of ether oxygens (including phenoxy) is 1. The third kappa shape index (κ3) is 3.17. The molecule has 2 aromatic heterocycles. The summed E-state index contributed by atoms with van der Waals surface area (Å²) in [5.74, 6) is 2.34. The lowest BCUT2D eigenvalue weighted by molar-refractivity contribution is 0.0526. The Morgan fingerprint density at radius 3 is 2.72 bits per heavy atom. The maximum absolute atomic E-state index is 12.5. The highest BCUT2D eigenvalue weighted by Gasteiger charge is 2.27. The van der Waals surface area contributed by atoms with Crippen molar-refractivity contribution in [2.24, 2.45) is 7.05 Å². The standard InChI is InChI=1S/C18H23N5O2/c1-5-7-22-8-10-23(11-9-22)16-14(18(24)25-6-2)12-19-17-15(16)13(3)20-21(17)4/h1,12H,6-11H2,2-4H3. The number of carbonyl (C=O) groups excluding carboxylic acids is 1. The van der Waals surface area contributed by atoms with Crippen LogP contribution in [0.15, 0.2) is 6.20 Å². The molecule has 0 amide bonds. The molecular formula is C18H23N5O2. The van der Waals surface area contributed by atoms with Crippen molar-refractivity contribution in [3.05, 3.63) is 17.5 Å². The second kappa shape index (κ2) is 7.11. The first-order valence-corrected chi connectivity index (χ1v) is 8.47. The summed E-state index contributed by atoms with van der Waals surface area (Å²) in [7, 11) is 1.86. The predicted molar refractivity (Wildman–Crippen MR) is 96.7 cm³/mol. The van der Waals surface area contributed by atoms with E-state index in [-0.39, 0.29) is 5.97 Å². The van der Waals surface area contributed by atoms with Gasteiger partial charge in [-0.2, -0.15) is 5.10 Å². The Labute approximate surface area is 147 Å². The number of fused-ring (bicyclic) bond motifs is 1. The lowest BCUT2D eigenvalue weighted by Gasteiger charge is -2.36. The Kier molecular flexibility index (Phi) is 4.91. The normalized spacial score (nSPS) is 15.4. The number of terminal acetylenes is 1. The third-order valence-corrected chi connectivity index (χ3v) is 4.50. The summed E-state index contributed by atoms with van der Waals surface area (Å²) < 4.78 is 6.99. The molecule has 0 saturated carbocycles. The van der Waals surface area contributed by atoms with E-state index in [0.29, 0.717) is 18.7 Å². The van der Waals surface area contributed by atoms with E-state index >= 15 is 0 Å². The number of esters is 1. The molecule has 7 nitrogen and oxygen atoms in total. The van der Waals surface area contributed by atoms with Crippen LogP contribution in [0, 0.1) is 19.3 Å². The minimum Gasteiger partial charge on any atom is -0.462 e. The molecule has 1 saturated heterocycles. The van der Waals surface area contributed by atoms with Crippen molar-refractivity contribution in [2.45, 2.75) is 13.8 Å². The van der Waals surface area contributed by atoms with Crippen molar-refractivity contribution in [1.82, 2.24) is 19.7 Å². The molecule has 0 aliphatic carbocycles. The van der Waals surface area contributed by atoms with E-state index in [1.807, 2.05) is 14.0 Å². The first kappa shape index (κ1) is 17.2. The summed E-state index contributed by atoms with van der Waals surface area (Å²) >= 11 is 0. The van der Waals surface area contributed by atoms with Crippen molar-refractivity contribution in [2.75, 3.05) is 44.2 Å². The summed E-state index contributed by atoms with van der Waals surface area (Å²) in [6, 6.07) is 0. The number of anilines is 1. The van der Waals surface area contributed by atoms with Gasteiger partial charge in [-0.25, -0.2) is 9.78 Å². The van der Waals surface area contributed by atoms with E-state index < -0.39 is 0 Å². The molecule has 0 N–H and O–H groups in total. The number of nitrogens with zero attached hydrogens (tertiary/aromatic N) is 5. The van der Waals surface area contributed by atoms with Gasteiger partial charge in [-0.3, -0.25) is 9.58 Å². The van der Waals surface area contributed by atoms with E-state index in [0.717, 1.165) is 48.6 Å². The SMILES string of the molecule is C#CCN1CCN(c2c(C(=O)OCC)cnc3c2c(C)nn3C)CC1. The molecule has 0 spiro atoms. The average Bonchev–Trinajstić information content (AvgIpc) is 2.90. The van der Waals surface area contributed by atoms with Crippen molar-refractivity contribution in [3.63, 3.8) is 0 Å². The lowest BCUT2D eigenvalue weighted by Crippen LogP contribution is -2.47. The van der Waals surface area contributed by atoms with Gasteiger partial charge in [-0.05, 0) is 13.8 Å². The van der Waals surface area contributed by atoms with Crippen molar-refractivity contribution in [3.8, 4) is 12.3 Å². The van der Waals surface area contributed by atoms with Crippen LogP contribution in [0.5, 0.6) is 0 Å². The molecule has 7 heteroatoms. The van der Waals surface area contributed by atoms with E-state index in [1.165, 1.54) is 0 Å². The Balaban J connectivity index is 2.06. The number of piperazine rings is 1. The Bertz CT molecular complexity index is 828. The molecule has 1 aliphatic heterocycles. The Morgan fingerprint density at radius 2 is 2.08 bits per heavy atom. The molecule has 0 bridgehead atoms. The van der Waals surface area contributed by atoms with Crippen LogP contribution in [-0.4, -0.2) is 65.0 Å². The van der Waals surface area contributed by atoms with Gasteiger partial charge in [-0.1, -0.05) is 5.92 Å². The molecule has 0 atom stereocenters. The summed E-state index contributed by atoms with van der Waals surface area (Å²) in [6.07, 6.45) is 7.02. The number of carbonyl (C=O) groups is 1. The van der Waals surface area contributed by atoms with Crippen molar-refractivity contribution < 1.29 is 9.53 Å². The van der Waals surface area contributed by atoms with Crippen LogP contribution in [0.1, 0.15) is 23.0 Å². The topological polar surface area (TPSA) is 63.5 Å². The first-order chi connectivity index (χ1) is 12.1. The molecule has 3 rings (SSSR count). The minimum absolute atomic E-state index is 0.332. The molecule has 0 radical (unpaired) electrons. The maximum Gasteiger partial charge on any atom is 0.341 e. The largest absolute Gasteiger partial charge is 0.462 e. The molecule has 2 aromatic rings. The van der Waals surface area contributed by atoms with Gasteiger partial charge in [0.25, 0.3) is 0 Å². The zero-order valence-corrected chi connectivity index (χ0v) is 14.9. The van der Waals surface area contributed by atoms with E-state index in [9.17, 15) is 4.79 Å². The lowest BCUT2D eigenvalue weighted by atomic mass is 10.1. The van der Waals surface area contributed by atoms with Gasteiger partial charge in [0, 0.05) is 39.4 Å². The molecule has 3 heterocycles. The van der Waals surface area contributed by atoms with Gasteiger partial charge >= 0.3 is 5.97 Å². The monoisotopic (exact) mass is 341 g/mol. The van der Waals surface area contributed by atoms with Crippen LogP contribution in [0.25, 0.3) is 11.0 Å². The predicted octanol–water partition coefficient (Wildman–Crippen LogP) is 1.21. The minimum atomic E-state index is -0.346. The molecule has 25 heavy (non-hydrogen) atoms. The Hall–Kier alpha value is -2.59. The van der Waals surface area contributed by atoms with Gasteiger partial charge in [0.2, 0.25) is 0 Å². The van der Waals surface area contributed by atoms with Crippen LogP contribution < -0.4 is 4.90 Å². The molecular weight excluding hydrogens is 318 g/mol. The number of aromatic nitrogens is 3. The van der Waals surface area contributed by atoms with E-state index in [1.54, 1.807) is 17.8 Å². The van der Waals surface area contributed by atoms with Gasteiger partial charge in [0.05, 0.1) is 29.9 Å². The number of hydrogen-bond donors (Lipinski definition) is 0. The van der Waals surface area contributed by atoms with Crippen LogP contribution in [-0.2, 0) is 11.8 Å². The highest BCUT2D eigenvalue weighted by Crippen LogP contribution is 2.33.